The van der Waals surface area contributed by atoms with Crippen LogP contribution in [0.2, 0.25) is 5.02 Å². The molecule has 1 aliphatic rings. The Labute approximate surface area is 202 Å². The highest BCUT2D eigenvalue weighted by Gasteiger charge is 2.28. The van der Waals surface area contributed by atoms with Gasteiger partial charge in [0.25, 0.3) is 5.91 Å². The molecule has 1 aromatic heterocycles. The van der Waals surface area contributed by atoms with Gasteiger partial charge in [0.15, 0.2) is 5.82 Å². The Morgan fingerprint density at radius 3 is 2.74 bits per heavy atom. The summed E-state index contributed by atoms with van der Waals surface area (Å²) >= 11 is 5.95. The minimum atomic E-state index is -3.91. The molecule has 0 aliphatic heterocycles. The minimum Gasteiger partial charge on any atom is -0.340 e. The minimum absolute atomic E-state index is 0.124. The molecule has 34 heavy (non-hydrogen) atoms. The first-order valence-corrected chi connectivity index (χ1v) is 12.9. The number of imidazole rings is 1. The number of hydrogen-bond donors (Lipinski definition) is 4. The Morgan fingerprint density at radius 2 is 2.06 bits per heavy atom. The van der Waals surface area contributed by atoms with Crippen LogP contribution < -0.4 is 20.9 Å². The predicted molar refractivity (Wildman–Crippen MR) is 126 cm³/mol. The van der Waals surface area contributed by atoms with Crippen molar-refractivity contribution in [3.8, 4) is 11.3 Å². The van der Waals surface area contributed by atoms with Crippen molar-refractivity contribution in [1.82, 2.24) is 30.4 Å². The Kier molecular flexibility index (Phi) is 8.50. The molecule has 0 radical (unpaired) electrons. The first kappa shape index (κ1) is 25.9. The molecular formula is C21H28ClFN6O4S. The molecule has 186 valence electrons. The van der Waals surface area contributed by atoms with Gasteiger partial charge in [-0.15, -0.1) is 4.83 Å². The number of carbonyl (C=O) groups excluding carboxylic acids is 2. The summed E-state index contributed by atoms with van der Waals surface area (Å²) in [6.45, 7) is 2.31. The van der Waals surface area contributed by atoms with Gasteiger partial charge in [-0.1, -0.05) is 18.0 Å². The van der Waals surface area contributed by atoms with Crippen LogP contribution in [0.25, 0.3) is 11.3 Å². The van der Waals surface area contributed by atoms with Gasteiger partial charge < -0.3 is 15.2 Å². The van der Waals surface area contributed by atoms with E-state index < -0.39 is 27.3 Å². The zero-order valence-electron chi connectivity index (χ0n) is 18.9. The number of aryl methyl sites for hydroxylation is 1. The van der Waals surface area contributed by atoms with Crippen molar-refractivity contribution < 1.29 is 22.4 Å². The Balaban J connectivity index is 1.61. The summed E-state index contributed by atoms with van der Waals surface area (Å²) in [5, 5.41) is 5.21. The average molecular weight is 515 g/mol. The first-order chi connectivity index (χ1) is 16.1. The van der Waals surface area contributed by atoms with Crippen LogP contribution in [0.3, 0.4) is 0 Å². The molecule has 0 spiro atoms. The number of halogens is 2. The lowest BCUT2D eigenvalue weighted by atomic mass is 9.87. The van der Waals surface area contributed by atoms with Crippen LogP contribution >= 0.6 is 11.6 Å². The number of nitrogens with zero attached hydrogens (tertiary/aromatic N) is 2. The lowest BCUT2D eigenvalue weighted by Gasteiger charge is -2.29. The van der Waals surface area contributed by atoms with Crippen LogP contribution in [-0.4, -0.2) is 48.2 Å². The second-order valence-electron chi connectivity index (χ2n) is 8.31. The molecule has 13 heteroatoms. The number of benzene rings is 1. The van der Waals surface area contributed by atoms with Crippen molar-refractivity contribution in [1.29, 1.82) is 0 Å². The summed E-state index contributed by atoms with van der Waals surface area (Å²) in [6.07, 6.45) is 5.94. The van der Waals surface area contributed by atoms with E-state index in [1.54, 1.807) is 24.1 Å². The molecule has 3 rings (SSSR count). The highest BCUT2D eigenvalue weighted by atomic mass is 35.5. The highest BCUT2D eigenvalue weighted by Crippen LogP contribution is 2.27. The van der Waals surface area contributed by atoms with Crippen LogP contribution in [0.4, 0.5) is 9.18 Å². The molecule has 1 fully saturated rings. The van der Waals surface area contributed by atoms with Crippen molar-refractivity contribution in [2.24, 2.45) is 13.0 Å². The summed E-state index contributed by atoms with van der Waals surface area (Å²) in [5.74, 6) is -2.39. The van der Waals surface area contributed by atoms with E-state index in [0.717, 1.165) is 12.8 Å². The van der Waals surface area contributed by atoms with E-state index in [9.17, 15) is 22.4 Å². The van der Waals surface area contributed by atoms with Crippen molar-refractivity contribution in [3.05, 3.63) is 41.1 Å². The molecule has 1 saturated carbocycles. The maximum Gasteiger partial charge on any atom is 0.314 e. The molecule has 0 unspecified atom stereocenters. The molecule has 0 saturated heterocycles. The number of amides is 3. The number of nitrogens with one attached hydrogen (secondary N) is 4. The van der Waals surface area contributed by atoms with Gasteiger partial charge >= 0.3 is 6.03 Å². The average Bonchev–Trinajstić information content (AvgIpc) is 3.20. The standard InChI is InChI=1S/C21H28ClFN6O4S/c1-3-24-21(31)26-15-6-4-5-13(7-15)11-34(32,33)28-27-20(30)16-8-14(9-17(22)19(16)23)18-10-29(2)12-25-18/h8-10,12-13,15,28H,3-7,11H2,1-2H3,(H,27,30)(H2,24,26,31)/t13-,15-/m1/s1. The zero-order valence-corrected chi connectivity index (χ0v) is 20.5. The van der Waals surface area contributed by atoms with Gasteiger partial charge in [-0.2, -0.15) is 0 Å². The third kappa shape index (κ3) is 6.90. The summed E-state index contributed by atoms with van der Waals surface area (Å²) in [4.78, 5) is 30.5. The van der Waals surface area contributed by atoms with E-state index >= 15 is 0 Å². The van der Waals surface area contributed by atoms with Crippen LogP contribution in [0.5, 0.6) is 0 Å². The fraction of sp³-hybridized carbons (Fsp3) is 0.476. The van der Waals surface area contributed by atoms with Gasteiger partial charge in [0, 0.05) is 31.4 Å². The van der Waals surface area contributed by atoms with Gasteiger partial charge in [-0.25, -0.2) is 22.6 Å². The second kappa shape index (κ2) is 11.2. The Bertz CT molecular complexity index is 1160. The van der Waals surface area contributed by atoms with E-state index in [1.165, 1.54) is 12.1 Å². The van der Waals surface area contributed by atoms with Crippen LogP contribution in [0.1, 0.15) is 43.0 Å². The van der Waals surface area contributed by atoms with E-state index in [2.05, 4.69) is 21.0 Å². The normalized spacial score (nSPS) is 18.4. The summed E-state index contributed by atoms with van der Waals surface area (Å²) in [6, 6.07) is 2.19. The SMILES string of the molecule is CCNC(=O)N[C@@H]1CCC[C@@H](CS(=O)(=O)NNC(=O)c2cc(-c3cn(C)cn3)cc(Cl)c2F)C1. The van der Waals surface area contributed by atoms with Crippen LogP contribution in [-0.2, 0) is 17.1 Å². The number of sulfonamides is 1. The molecule has 1 aliphatic carbocycles. The van der Waals surface area contributed by atoms with Gasteiger partial charge in [0.2, 0.25) is 10.0 Å². The van der Waals surface area contributed by atoms with Crippen molar-refractivity contribution >= 4 is 33.6 Å². The first-order valence-electron chi connectivity index (χ1n) is 10.9. The van der Waals surface area contributed by atoms with Gasteiger partial charge in [0.05, 0.1) is 28.4 Å². The third-order valence-corrected chi connectivity index (χ3v) is 7.10. The highest BCUT2D eigenvalue weighted by molar-refractivity contribution is 7.89. The van der Waals surface area contributed by atoms with E-state index in [1.807, 2.05) is 11.8 Å². The number of urea groups is 1. The molecular weight excluding hydrogens is 487 g/mol. The summed E-state index contributed by atoms with van der Waals surface area (Å²) < 4.78 is 41.3. The Morgan fingerprint density at radius 1 is 1.29 bits per heavy atom. The largest absolute Gasteiger partial charge is 0.340 e. The number of aromatic nitrogens is 2. The van der Waals surface area contributed by atoms with Crippen molar-refractivity contribution in [2.45, 2.75) is 38.6 Å². The zero-order chi connectivity index (χ0) is 24.9. The molecule has 0 bridgehead atoms. The molecule has 2 atom stereocenters. The Hall–Kier alpha value is -2.70. The van der Waals surface area contributed by atoms with E-state index in [-0.39, 0.29) is 28.8 Å². The van der Waals surface area contributed by atoms with Gasteiger partial charge in [-0.05, 0) is 44.2 Å². The van der Waals surface area contributed by atoms with Crippen molar-refractivity contribution in [2.75, 3.05) is 12.3 Å². The fourth-order valence-corrected chi connectivity index (χ4v) is 5.45. The fourth-order valence-electron chi connectivity index (χ4n) is 3.98. The lowest BCUT2D eigenvalue weighted by molar-refractivity contribution is 0.0941. The number of hydrogen-bond acceptors (Lipinski definition) is 5. The summed E-state index contributed by atoms with van der Waals surface area (Å²) in [7, 11) is -2.15. The van der Waals surface area contributed by atoms with Crippen molar-refractivity contribution in [3.63, 3.8) is 0 Å². The number of rotatable bonds is 8. The second-order valence-corrected chi connectivity index (χ2v) is 10.5. The molecule has 3 amide bonds. The molecule has 2 aromatic rings. The summed E-state index contributed by atoms with van der Waals surface area (Å²) in [5.41, 5.74) is 2.53. The smallest absolute Gasteiger partial charge is 0.314 e. The molecule has 10 nitrogen and oxygen atoms in total. The topological polar surface area (TPSA) is 134 Å². The maximum atomic E-state index is 14.5. The number of carbonyl (C=O) groups is 2. The van der Waals surface area contributed by atoms with E-state index in [4.69, 9.17) is 11.6 Å². The van der Waals surface area contributed by atoms with Crippen LogP contribution in [0.15, 0.2) is 24.7 Å². The predicted octanol–water partition coefficient (Wildman–Crippen LogP) is 2.32. The quantitative estimate of drug-likeness (QED) is 0.401. The maximum absolute atomic E-state index is 14.5. The molecule has 1 heterocycles. The van der Waals surface area contributed by atoms with E-state index in [0.29, 0.717) is 30.6 Å². The number of hydrazine groups is 1. The lowest BCUT2D eigenvalue weighted by Crippen LogP contribution is -2.47. The monoisotopic (exact) mass is 514 g/mol. The van der Waals surface area contributed by atoms with Gasteiger partial charge in [0.1, 0.15) is 0 Å². The van der Waals surface area contributed by atoms with Gasteiger partial charge in [-0.3, -0.25) is 10.2 Å². The molecule has 4 N–H and O–H groups in total. The third-order valence-electron chi connectivity index (χ3n) is 5.50. The molecule has 1 aromatic carbocycles. The van der Waals surface area contributed by atoms with Crippen LogP contribution in [0, 0.1) is 11.7 Å².